The van der Waals surface area contributed by atoms with E-state index in [2.05, 4.69) is 4.98 Å². The van der Waals surface area contributed by atoms with Gasteiger partial charge in [0.1, 0.15) is 5.01 Å². The molecule has 17 heavy (non-hydrogen) atoms. The molecule has 0 aliphatic heterocycles. The van der Waals surface area contributed by atoms with Gasteiger partial charge in [0.25, 0.3) is 5.69 Å². The molecule has 0 aliphatic rings. The highest BCUT2D eigenvalue weighted by atomic mass is 32.1. The highest BCUT2D eigenvalue weighted by Gasteiger charge is 2.08. The van der Waals surface area contributed by atoms with E-state index in [0.29, 0.717) is 6.42 Å². The third kappa shape index (κ3) is 2.79. The summed E-state index contributed by atoms with van der Waals surface area (Å²) < 4.78 is 5.04. The first-order valence-corrected chi connectivity index (χ1v) is 5.72. The zero-order valence-corrected chi connectivity index (χ0v) is 9.94. The molecule has 5 nitrogen and oxygen atoms in total. The van der Waals surface area contributed by atoms with Gasteiger partial charge < -0.3 is 4.74 Å². The van der Waals surface area contributed by atoms with Gasteiger partial charge in [-0.3, -0.25) is 10.1 Å². The SMILES string of the molecule is COc1cnc(Cc2cccc([N+](=O)[O-])c2)s1. The zero-order valence-electron chi connectivity index (χ0n) is 9.12. The number of methoxy groups -OCH3 is 1. The summed E-state index contributed by atoms with van der Waals surface area (Å²) >= 11 is 1.44. The van der Waals surface area contributed by atoms with Gasteiger partial charge in [-0.25, -0.2) is 4.98 Å². The second-order valence-corrected chi connectivity index (χ2v) is 4.46. The molecule has 2 rings (SSSR count). The number of thiazole rings is 1. The van der Waals surface area contributed by atoms with Crippen molar-refractivity contribution >= 4 is 17.0 Å². The Labute approximate surface area is 102 Å². The van der Waals surface area contributed by atoms with Gasteiger partial charge in [-0.2, -0.15) is 0 Å². The molecule has 2 aromatic rings. The van der Waals surface area contributed by atoms with Crippen molar-refractivity contribution in [3.8, 4) is 5.06 Å². The average molecular weight is 250 g/mol. The minimum atomic E-state index is -0.397. The van der Waals surface area contributed by atoms with Gasteiger partial charge >= 0.3 is 0 Å². The minimum Gasteiger partial charge on any atom is -0.486 e. The van der Waals surface area contributed by atoms with Crippen molar-refractivity contribution in [3.05, 3.63) is 51.1 Å². The van der Waals surface area contributed by atoms with Crippen LogP contribution >= 0.6 is 11.3 Å². The number of nitro groups is 1. The van der Waals surface area contributed by atoms with E-state index in [1.807, 2.05) is 6.07 Å². The number of non-ortho nitro benzene ring substituents is 1. The van der Waals surface area contributed by atoms with E-state index in [-0.39, 0.29) is 5.69 Å². The Morgan fingerprint density at radius 3 is 3.00 bits per heavy atom. The van der Waals surface area contributed by atoms with Gasteiger partial charge in [-0.1, -0.05) is 23.5 Å². The van der Waals surface area contributed by atoms with Crippen LogP contribution in [-0.4, -0.2) is 17.0 Å². The second kappa shape index (κ2) is 4.92. The Hall–Kier alpha value is -1.95. The number of benzene rings is 1. The second-order valence-electron chi connectivity index (χ2n) is 3.38. The first-order chi connectivity index (χ1) is 8.19. The van der Waals surface area contributed by atoms with Gasteiger partial charge in [0, 0.05) is 18.6 Å². The lowest BCUT2D eigenvalue weighted by Crippen LogP contribution is -1.91. The fourth-order valence-corrected chi connectivity index (χ4v) is 2.19. The minimum absolute atomic E-state index is 0.103. The lowest BCUT2D eigenvalue weighted by molar-refractivity contribution is -0.384. The number of aromatic nitrogens is 1. The molecular formula is C11H10N2O3S. The molecule has 1 aromatic heterocycles. The molecule has 0 unspecified atom stereocenters. The number of rotatable bonds is 4. The van der Waals surface area contributed by atoms with Crippen LogP contribution in [-0.2, 0) is 6.42 Å². The van der Waals surface area contributed by atoms with Crippen molar-refractivity contribution in [3.63, 3.8) is 0 Å². The molecule has 0 bridgehead atoms. The number of nitrogens with zero attached hydrogens (tertiary/aromatic N) is 2. The van der Waals surface area contributed by atoms with Crippen molar-refractivity contribution in [2.45, 2.75) is 6.42 Å². The third-order valence-corrected chi connectivity index (χ3v) is 3.17. The Bertz CT molecular complexity index is 539. The summed E-state index contributed by atoms with van der Waals surface area (Å²) in [5, 5.41) is 12.2. The highest BCUT2D eigenvalue weighted by Crippen LogP contribution is 2.24. The van der Waals surface area contributed by atoms with Gasteiger partial charge in [-0.15, -0.1) is 0 Å². The van der Waals surface area contributed by atoms with E-state index in [4.69, 9.17) is 4.74 Å². The Kier molecular flexibility index (Phi) is 3.34. The molecule has 0 radical (unpaired) electrons. The van der Waals surface area contributed by atoms with Crippen LogP contribution in [0.2, 0.25) is 0 Å². The van der Waals surface area contributed by atoms with Gasteiger partial charge in [-0.05, 0) is 5.56 Å². The number of hydrogen-bond acceptors (Lipinski definition) is 5. The van der Waals surface area contributed by atoms with Crippen molar-refractivity contribution in [1.29, 1.82) is 0 Å². The van der Waals surface area contributed by atoms with Gasteiger partial charge in [0.15, 0.2) is 5.06 Å². The molecule has 6 heteroatoms. The maximum Gasteiger partial charge on any atom is 0.269 e. The topological polar surface area (TPSA) is 65.3 Å². The molecular weight excluding hydrogens is 240 g/mol. The van der Waals surface area contributed by atoms with Crippen molar-refractivity contribution < 1.29 is 9.66 Å². The first kappa shape index (κ1) is 11.5. The lowest BCUT2D eigenvalue weighted by atomic mass is 10.1. The summed E-state index contributed by atoms with van der Waals surface area (Å²) in [6.07, 6.45) is 2.23. The molecule has 0 fully saturated rings. The van der Waals surface area contributed by atoms with Crippen LogP contribution in [0, 0.1) is 10.1 Å². The van der Waals surface area contributed by atoms with E-state index in [9.17, 15) is 10.1 Å². The van der Waals surface area contributed by atoms with E-state index in [0.717, 1.165) is 15.6 Å². The summed E-state index contributed by atoms with van der Waals surface area (Å²) in [7, 11) is 1.59. The van der Waals surface area contributed by atoms with Crippen molar-refractivity contribution in [2.24, 2.45) is 0 Å². The summed E-state index contributed by atoms with van der Waals surface area (Å²) in [4.78, 5) is 14.4. The first-order valence-electron chi connectivity index (χ1n) is 4.91. The van der Waals surface area contributed by atoms with E-state index in [1.165, 1.54) is 17.4 Å². The van der Waals surface area contributed by atoms with E-state index < -0.39 is 4.92 Å². The summed E-state index contributed by atoms with van der Waals surface area (Å²) in [5.41, 5.74) is 0.974. The van der Waals surface area contributed by atoms with Crippen LogP contribution in [0.1, 0.15) is 10.6 Å². The van der Waals surface area contributed by atoms with Crippen molar-refractivity contribution in [2.75, 3.05) is 7.11 Å². The average Bonchev–Trinajstić information content (AvgIpc) is 2.77. The van der Waals surface area contributed by atoms with Crippen LogP contribution in [0.3, 0.4) is 0 Å². The van der Waals surface area contributed by atoms with Crippen molar-refractivity contribution in [1.82, 2.24) is 4.98 Å². The Morgan fingerprint density at radius 2 is 2.35 bits per heavy atom. The predicted molar refractivity (Wildman–Crippen MR) is 64.6 cm³/mol. The van der Waals surface area contributed by atoms with Crippen LogP contribution in [0.5, 0.6) is 5.06 Å². The maximum absolute atomic E-state index is 10.6. The number of hydrogen-bond donors (Lipinski definition) is 0. The summed E-state index contributed by atoms with van der Waals surface area (Å²) in [6.45, 7) is 0. The maximum atomic E-state index is 10.6. The fourth-order valence-electron chi connectivity index (χ4n) is 1.42. The summed E-state index contributed by atoms with van der Waals surface area (Å²) in [5.74, 6) is 0. The van der Waals surface area contributed by atoms with Crippen LogP contribution in [0.25, 0.3) is 0 Å². The number of ether oxygens (including phenoxy) is 1. The fraction of sp³-hybridized carbons (Fsp3) is 0.182. The molecule has 0 aliphatic carbocycles. The van der Waals surface area contributed by atoms with Crippen LogP contribution < -0.4 is 4.74 Å². The molecule has 0 spiro atoms. The molecule has 0 amide bonds. The zero-order chi connectivity index (χ0) is 12.3. The molecule has 0 saturated heterocycles. The molecule has 0 saturated carbocycles. The standard InChI is InChI=1S/C11H10N2O3S/c1-16-11-7-12-10(17-11)6-8-3-2-4-9(5-8)13(14)15/h2-5,7H,6H2,1H3. The monoisotopic (exact) mass is 250 g/mol. The van der Waals surface area contributed by atoms with Gasteiger partial charge in [0.2, 0.25) is 0 Å². The molecule has 1 aromatic carbocycles. The molecule has 88 valence electrons. The smallest absolute Gasteiger partial charge is 0.269 e. The van der Waals surface area contributed by atoms with Crippen LogP contribution in [0.4, 0.5) is 5.69 Å². The third-order valence-electron chi connectivity index (χ3n) is 2.21. The quantitative estimate of drug-likeness (QED) is 0.618. The molecule has 0 atom stereocenters. The highest BCUT2D eigenvalue weighted by molar-refractivity contribution is 7.13. The van der Waals surface area contributed by atoms with Gasteiger partial charge in [0.05, 0.1) is 18.2 Å². The predicted octanol–water partition coefficient (Wildman–Crippen LogP) is 2.65. The Balaban J connectivity index is 2.18. The summed E-state index contributed by atoms with van der Waals surface area (Å²) in [6, 6.07) is 6.57. The lowest BCUT2D eigenvalue weighted by Gasteiger charge is -1.97. The Morgan fingerprint density at radius 1 is 1.53 bits per heavy atom. The molecule has 1 heterocycles. The number of nitro benzene ring substituents is 1. The van der Waals surface area contributed by atoms with E-state index >= 15 is 0 Å². The largest absolute Gasteiger partial charge is 0.486 e. The van der Waals surface area contributed by atoms with Crippen LogP contribution in [0.15, 0.2) is 30.5 Å². The van der Waals surface area contributed by atoms with E-state index in [1.54, 1.807) is 25.4 Å². The normalized spacial score (nSPS) is 10.2. The molecule has 0 N–H and O–H groups in total.